The highest BCUT2D eigenvalue weighted by atomic mass is 79.9. The molecular weight excluding hydrogens is 329 g/mol. The first kappa shape index (κ1) is 13.7. The van der Waals surface area contributed by atoms with Crippen LogP contribution in [0.2, 0.25) is 0 Å². The van der Waals surface area contributed by atoms with Crippen LogP contribution in [0.3, 0.4) is 0 Å². The molecule has 0 N–H and O–H groups in total. The normalized spacial score (nSPS) is 11.6. The van der Waals surface area contributed by atoms with Crippen molar-refractivity contribution in [2.24, 2.45) is 0 Å². The third-order valence-electron chi connectivity index (χ3n) is 2.21. The van der Waals surface area contributed by atoms with Crippen molar-refractivity contribution in [2.45, 2.75) is 13.1 Å². The molecule has 0 bridgehead atoms. The summed E-state index contributed by atoms with van der Waals surface area (Å²) < 4.78 is 42.9. The van der Waals surface area contributed by atoms with Crippen molar-refractivity contribution in [3.63, 3.8) is 0 Å². The molecule has 2 aromatic rings. The molecule has 0 atom stereocenters. The number of benzene rings is 1. The predicted molar refractivity (Wildman–Crippen MR) is 61.6 cm³/mol. The van der Waals surface area contributed by atoms with Crippen LogP contribution >= 0.6 is 15.9 Å². The summed E-state index contributed by atoms with van der Waals surface area (Å²) in [6.07, 6.45) is -4.54. The average molecular weight is 335 g/mol. The summed E-state index contributed by atoms with van der Waals surface area (Å²) in [6.45, 7) is 1.48. The summed E-state index contributed by atoms with van der Waals surface area (Å²) in [5.74, 6) is -0.939. The molecule has 8 heteroatoms. The molecule has 0 saturated carbocycles. The van der Waals surface area contributed by atoms with Crippen LogP contribution in [-0.4, -0.2) is 16.0 Å². The lowest BCUT2D eigenvalue weighted by Gasteiger charge is -2.08. The minimum Gasteiger partial charge on any atom is -0.418 e. The minimum atomic E-state index is -4.54. The Morgan fingerprint density at radius 2 is 1.95 bits per heavy atom. The van der Waals surface area contributed by atoms with Crippen LogP contribution < -0.4 is 0 Å². The summed E-state index contributed by atoms with van der Waals surface area (Å²) in [5, 5.41) is 6.94. The molecule has 0 aliphatic carbocycles. The second kappa shape index (κ2) is 4.76. The first-order chi connectivity index (χ1) is 8.77. The monoisotopic (exact) mass is 334 g/mol. The highest BCUT2D eigenvalue weighted by Gasteiger charge is 2.32. The predicted octanol–water partition coefficient (Wildman–Crippen LogP) is 3.39. The van der Waals surface area contributed by atoms with Crippen molar-refractivity contribution in [1.82, 2.24) is 10.2 Å². The molecule has 0 fully saturated rings. The van der Waals surface area contributed by atoms with Gasteiger partial charge >= 0.3 is 6.18 Å². The van der Waals surface area contributed by atoms with E-state index in [1.807, 2.05) is 0 Å². The van der Waals surface area contributed by atoms with E-state index in [9.17, 15) is 18.0 Å². The Hall–Kier alpha value is -1.70. The van der Waals surface area contributed by atoms with Gasteiger partial charge in [0.2, 0.25) is 11.7 Å². The van der Waals surface area contributed by atoms with Crippen LogP contribution in [0, 0.1) is 6.92 Å². The Bertz CT molecular complexity index is 637. The SMILES string of the molecule is Cc1nnc(C(=O)c2cc(Br)cc(C(F)(F)F)c2)o1. The molecule has 100 valence electrons. The number of hydrogen-bond acceptors (Lipinski definition) is 4. The van der Waals surface area contributed by atoms with Gasteiger partial charge in [0.15, 0.2) is 0 Å². The van der Waals surface area contributed by atoms with E-state index in [4.69, 9.17) is 4.42 Å². The van der Waals surface area contributed by atoms with E-state index in [2.05, 4.69) is 26.1 Å². The van der Waals surface area contributed by atoms with Crippen LogP contribution in [0.4, 0.5) is 13.2 Å². The van der Waals surface area contributed by atoms with Crippen molar-refractivity contribution in [2.75, 3.05) is 0 Å². The summed E-state index contributed by atoms with van der Waals surface area (Å²) in [5.41, 5.74) is -1.10. The number of carbonyl (C=O) groups excluding carboxylic acids is 1. The number of carbonyl (C=O) groups is 1. The quantitative estimate of drug-likeness (QED) is 0.790. The molecule has 0 amide bonds. The highest BCUT2D eigenvalue weighted by molar-refractivity contribution is 9.10. The fourth-order valence-corrected chi connectivity index (χ4v) is 1.89. The van der Waals surface area contributed by atoms with E-state index in [0.29, 0.717) is 0 Å². The maximum atomic E-state index is 12.6. The fourth-order valence-electron chi connectivity index (χ4n) is 1.40. The molecule has 0 saturated heterocycles. The number of aryl methyl sites for hydroxylation is 1. The van der Waals surface area contributed by atoms with Gasteiger partial charge in [-0.25, -0.2) is 0 Å². The lowest BCUT2D eigenvalue weighted by atomic mass is 10.1. The topological polar surface area (TPSA) is 56.0 Å². The van der Waals surface area contributed by atoms with Gasteiger partial charge in [-0.15, -0.1) is 10.2 Å². The van der Waals surface area contributed by atoms with Gasteiger partial charge in [-0.1, -0.05) is 15.9 Å². The van der Waals surface area contributed by atoms with Gasteiger partial charge in [0.05, 0.1) is 5.56 Å². The molecule has 19 heavy (non-hydrogen) atoms. The highest BCUT2D eigenvalue weighted by Crippen LogP contribution is 2.32. The van der Waals surface area contributed by atoms with Gasteiger partial charge in [0.25, 0.3) is 5.89 Å². The van der Waals surface area contributed by atoms with Crippen LogP contribution in [0.25, 0.3) is 0 Å². The zero-order valence-electron chi connectivity index (χ0n) is 9.45. The van der Waals surface area contributed by atoms with E-state index in [1.54, 1.807) is 0 Å². The van der Waals surface area contributed by atoms with E-state index in [-0.39, 0.29) is 21.8 Å². The molecule has 0 radical (unpaired) electrons. The Kier molecular flexibility index (Phi) is 3.44. The molecule has 1 aromatic carbocycles. The van der Waals surface area contributed by atoms with Crippen molar-refractivity contribution >= 4 is 21.7 Å². The van der Waals surface area contributed by atoms with Gasteiger partial charge in [-0.3, -0.25) is 4.79 Å². The lowest BCUT2D eigenvalue weighted by Crippen LogP contribution is -2.09. The zero-order valence-corrected chi connectivity index (χ0v) is 11.0. The fraction of sp³-hybridized carbons (Fsp3) is 0.182. The minimum absolute atomic E-state index is 0.141. The molecule has 0 aliphatic rings. The maximum Gasteiger partial charge on any atom is 0.416 e. The number of aromatic nitrogens is 2. The van der Waals surface area contributed by atoms with Crippen LogP contribution in [0.1, 0.15) is 27.7 Å². The molecule has 0 aliphatic heterocycles. The Morgan fingerprint density at radius 1 is 1.26 bits per heavy atom. The Balaban J connectivity index is 2.45. The van der Waals surface area contributed by atoms with E-state index in [1.165, 1.54) is 13.0 Å². The number of hydrogen-bond donors (Lipinski definition) is 0. The number of nitrogens with zero attached hydrogens (tertiary/aromatic N) is 2. The van der Waals surface area contributed by atoms with Gasteiger partial charge in [0, 0.05) is 17.0 Å². The van der Waals surface area contributed by atoms with E-state index < -0.39 is 17.5 Å². The molecule has 0 unspecified atom stereocenters. The summed E-state index contributed by atoms with van der Waals surface area (Å²) in [4.78, 5) is 11.9. The van der Waals surface area contributed by atoms with Gasteiger partial charge in [-0.2, -0.15) is 13.2 Å². The smallest absolute Gasteiger partial charge is 0.416 e. The van der Waals surface area contributed by atoms with Crippen LogP contribution in [0.15, 0.2) is 27.1 Å². The van der Waals surface area contributed by atoms with E-state index in [0.717, 1.165) is 12.1 Å². The second-order valence-electron chi connectivity index (χ2n) is 3.68. The molecule has 4 nitrogen and oxygen atoms in total. The van der Waals surface area contributed by atoms with Gasteiger partial charge in [0.1, 0.15) is 0 Å². The summed E-state index contributed by atoms with van der Waals surface area (Å²) in [7, 11) is 0. The van der Waals surface area contributed by atoms with Gasteiger partial charge < -0.3 is 4.42 Å². The number of alkyl halides is 3. The van der Waals surface area contributed by atoms with Crippen molar-refractivity contribution in [3.8, 4) is 0 Å². The maximum absolute atomic E-state index is 12.6. The van der Waals surface area contributed by atoms with Crippen LogP contribution in [0.5, 0.6) is 0 Å². The lowest BCUT2D eigenvalue weighted by molar-refractivity contribution is -0.137. The first-order valence-electron chi connectivity index (χ1n) is 5.00. The Morgan fingerprint density at radius 3 is 2.47 bits per heavy atom. The summed E-state index contributed by atoms with van der Waals surface area (Å²) >= 11 is 2.93. The molecule has 2 rings (SSSR count). The molecule has 1 aromatic heterocycles. The molecule has 1 heterocycles. The number of ketones is 1. The summed E-state index contributed by atoms with van der Waals surface area (Å²) in [6, 6.07) is 2.89. The van der Waals surface area contributed by atoms with Crippen molar-refractivity contribution in [3.05, 3.63) is 45.6 Å². The molecular formula is C11H6BrF3N2O2. The first-order valence-corrected chi connectivity index (χ1v) is 5.79. The zero-order chi connectivity index (χ0) is 14.2. The average Bonchev–Trinajstić information content (AvgIpc) is 2.73. The second-order valence-corrected chi connectivity index (χ2v) is 4.60. The molecule has 0 spiro atoms. The largest absolute Gasteiger partial charge is 0.418 e. The third kappa shape index (κ3) is 3.01. The number of halogens is 4. The van der Waals surface area contributed by atoms with Crippen molar-refractivity contribution in [1.29, 1.82) is 0 Å². The van der Waals surface area contributed by atoms with Gasteiger partial charge in [-0.05, 0) is 18.2 Å². The van der Waals surface area contributed by atoms with Crippen LogP contribution in [-0.2, 0) is 6.18 Å². The Labute approximate surface area is 113 Å². The number of rotatable bonds is 2. The third-order valence-corrected chi connectivity index (χ3v) is 2.67. The standard InChI is InChI=1S/C11H6BrF3N2O2/c1-5-16-17-10(19-5)9(18)6-2-7(11(13,14)15)4-8(12)3-6/h2-4H,1H3. The van der Waals surface area contributed by atoms with Crippen molar-refractivity contribution < 1.29 is 22.4 Å². The van der Waals surface area contributed by atoms with E-state index >= 15 is 0 Å².